The fourth-order valence-electron chi connectivity index (χ4n) is 2.23. The monoisotopic (exact) mass is 314 g/mol. The number of nitrogens with zero attached hydrogens (tertiary/aromatic N) is 2. The molecule has 112 valence electrons. The number of hydrogen-bond acceptors (Lipinski definition) is 3. The van der Waals surface area contributed by atoms with Crippen LogP contribution in [0.3, 0.4) is 0 Å². The zero-order valence-corrected chi connectivity index (χ0v) is 13.1. The first-order chi connectivity index (χ1) is 10.6. The van der Waals surface area contributed by atoms with Gasteiger partial charge in [0.15, 0.2) is 0 Å². The van der Waals surface area contributed by atoms with Gasteiger partial charge < -0.3 is 4.90 Å². The molecule has 2 aromatic carbocycles. The summed E-state index contributed by atoms with van der Waals surface area (Å²) in [5.74, 6) is -0.847. The number of carbonyl (C=O) groups is 1. The number of rotatable bonds is 3. The van der Waals surface area contributed by atoms with Gasteiger partial charge >= 0.3 is 0 Å². The molecule has 0 radical (unpaired) electrons. The first-order valence-electron chi connectivity index (χ1n) is 6.95. The maximum Gasteiger partial charge on any atom is 0.257 e. The van der Waals surface area contributed by atoms with E-state index in [-0.39, 0.29) is 17.5 Å². The highest BCUT2D eigenvalue weighted by atomic mass is 32.1. The quantitative estimate of drug-likeness (QED) is 0.723. The van der Waals surface area contributed by atoms with Crippen LogP contribution in [0.25, 0.3) is 10.2 Å². The molecule has 0 fully saturated rings. The van der Waals surface area contributed by atoms with Crippen molar-refractivity contribution in [3.8, 4) is 0 Å². The third-order valence-electron chi connectivity index (χ3n) is 3.67. The summed E-state index contributed by atoms with van der Waals surface area (Å²) in [5.41, 5.74) is 0.999. The van der Waals surface area contributed by atoms with E-state index in [0.29, 0.717) is 0 Å². The van der Waals surface area contributed by atoms with E-state index in [1.807, 2.05) is 31.2 Å². The number of halogens is 1. The summed E-state index contributed by atoms with van der Waals surface area (Å²) in [6, 6.07) is 13.7. The summed E-state index contributed by atoms with van der Waals surface area (Å²) < 4.78 is 14.9. The molecule has 22 heavy (non-hydrogen) atoms. The second-order valence-corrected chi connectivity index (χ2v) is 6.15. The molecule has 0 spiro atoms. The number of fused-ring (bicyclic) bond motifs is 1. The Kier molecular flexibility index (Phi) is 3.90. The van der Waals surface area contributed by atoms with E-state index in [1.165, 1.54) is 17.0 Å². The Morgan fingerprint density at radius 1 is 1.18 bits per heavy atom. The lowest BCUT2D eigenvalue weighted by Gasteiger charge is -2.23. The highest BCUT2D eigenvalue weighted by molar-refractivity contribution is 7.18. The van der Waals surface area contributed by atoms with Gasteiger partial charge in [-0.2, -0.15) is 0 Å². The Bertz CT molecular complexity index is 797. The van der Waals surface area contributed by atoms with E-state index in [1.54, 1.807) is 30.5 Å². The Balaban J connectivity index is 1.89. The molecule has 0 N–H and O–H groups in total. The zero-order valence-electron chi connectivity index (χ0n) is 12.3. The van der Waals surface area contributed by atoms with Crippen molar-refractivity contribution in [2.45, 2.75) is 13.0 Å². The van der Waals surface area contributed by atoms with Crippen LogP contribution in [0, 0.1) is 5.82 Å². The molecule has 3 rings (SSSR count). The van der Waals surface area contributed by atoms with Gasteiger partial charge in [0.1, 0.15) is 10.8 Å². The molecular weight excluding hydrogens is 299 g/mol. The molecule has 0 saturated heterocycles. The lowest BCUT2D eigenvalue weighted by atomic mass is 10.1. The number of thiazole rings is 1. The van der Waals surface area contributed by atoms with Crippen LogP contribution >= 0.6 is 11.3 Å². The standard InChI is InChI=1S/C17H15FN2OS/c1-11(16-19-14-9-5-6-10-15(14)22-16)20(2)17(21)12-7-3-4-8-13(12)18/h3-11H,1-2H3/t11-/m1/s1. The summed E-state index contributed by atoms with van der Waals surface area (Å²) in [6.07, 6.45) is 0. The van der Waals surface area contributed by atoms with Crippen LogP contribution in [0.4, 0.5) is 4.39 Å². The number of amides is 1. The molecule has 1 atom stereocenters. The Morgan fingerprint density at radius 3 is 2.59 bits per heavy atom. The first-order valence-corrected chi connectivity index (χ1v) is 7.76. The Morgan fingerprint density at radius 2 is 1.86 bits per heavy atom. The molecule has 1 aromatic heterocycles. The topological polar surface area (TPSA) is 33.2 Å². The highest BCUT2D eigenvalue weighted by Gasteiger charge is 2.23. The lowest BCUT2D eigenvalue weighted by molar-refractivity contribution is 0.0738. The van der Waals surface area contributed by atoms with Crippen molar-refractivity contribution in [1.29, 1.82) is 0 Å². The van der Waals surface area contributed by atoms with Gasteiger partial charge in [-0.3, -0.25) is 4.79 Å². The van der Waals surface area contributed by atoms with Crippen LogP contribution in [0.2, 0.25) is 0 Å². The number of para-hydroxylation sites is 1. The fourth-order valence-corrected chi connectivity index (χ4v) is 3.30. The van der Waals surface area contributed by atoms with Crippen LogP contribution in [-0.4, -0.2) is 22.8 Å². The smallest absolute Gasteiger partial charge is 0.257 e. The second kappa shape index (κ2) is 5.85. The van der Waals surface area contributed by atoms with Gasteiger partial charge in [0.25, 0.3) is 5.91 Å². The SMILES string of the molecule is C[C@H](c1nc2ccccc2s1)N(C)C(=O)c1ccccc1F. The largest absolute Gasteiger partial charge is 0.332 e. The first kappa shape index (κ1) is 14.7. The third-order valence-corrected chi connectivity index (χ3v) is 4.88. The van der Waals surface area contributed by atoms with Crippen molar-refractivity contribution in [2.24, 2.45) is 0 Å². The molecule has 0 saturated carbocycles. The van der Waals surface area contributed by atoms with Crippen LogP contribution in [0.15, 0.2) is 48.5 Å². The van der Waals surface area contributed by atoms with Crippen molar-refractivity contribution >= 4 is 27.5 Å². The highest BCUT2D eigenvalue weighted by Crippen LogP contribution is 2.29. The van der Waals surface area contributed by atoms with Gasteiger partial charge in [0.2, 0.25) is 0 Å². The van der Waals surface area contributed by atoms with Gasteiger partial charge in [-0.1, -0.05) is 24.3 Å². The maximum absolute atomic E-state index is 13.8. The van der Waals surface area contributed by atoms with Gasteiger partial charge in [0, 0.05) is 7.05 Å². The number of carbonyl (C=O) groups excluding carboxylic acids is 1. The average molecular weight is 314 g/mol. The summed E-state index contributed by atoms with van der Waals surface area (Å²) >= 11 is 1.55. The molecule has 1 heterocycles. The van der Waals surface area contributed by atoms with Crippen molar-refractivity contribution in [3.63, 3.8) is 0 Å². The predicted molar refractivity (Wildman–Crippen MR) is 86.5 cm³/mol. The second-order valence-electron chi connectivity index (χ2n) is 5.09. The van der Waals surface area contributed by atoms with Gasteiger partial charge in [-0.15, -0.1) is 11.3 Å². The molecule has 0 aliphatic rings. The molecular formula is C17H15FN2OS. The molecule has 0 aliphatic heterocycles. The lowest BCUT2D eigenvalue weighted by Crippen LogP contribution is -2.30. The van der Waals surface area contributed by atoms with Crippen molar-refractivity contribution in [1.82, 2.24) is 9.88 Å². The molecule has 3 aromatic rings. The minimum atomic E-state index is -0.504. The fraction of sp³-hybridized carbons (Fsp3) is 0.176. The normalized spacial score (nSPS) is 12.3. The molecule has 0 bridgehead atoms. The zero-order chi connectivity index (χ0) is 15.7. The predicted octanol–water partition coefficient (Wildman–Crippen LogP) is 4.27. The van der Waals surface area contributed by atoms with Crippen LogP contribution in [0.5, 0.6) is 0 Å². The third kappa shape index (κ3) is 2.60. The molecule has 0 unspecified atom stereocenters. The van der Waals surface area contributed by atoms with E-state index < -0.39 is 5.82 Å². The number of aromatic nitrogens is 1. The summed E-state index contributed by atoms with van der Waals surface area (Å²) in [5, 5.41) is 0.841. The van der Waals surface area contributed by atoms with E-state index in [0.717, 1.165) is 15.2 Å². The maximum atomic E-state index is 13.8. The van der Waals surface area contributed by atoms with Crippen molar-refractivity contribution in [3.05, 3.63) is 64.9 Å². The summed E-state index contributed by atoms with van der Waals surface area (Å²) in [6.45, 7) is 1.90. The number of benzene rings is 2. The van der Waals surface area contributed by atoms with Gasteiger partial charge in [-0.25, -0.2) is 9.37 Å². The number of hydrogen-bond donors (Lipinski definition) is 0. The van der Waals surface area contributed by atoms with E-state index in [2.05, 4.69) is 4.98 Å². The molecule has 5 heteroatoms. The Labute approximate surface area is 132 Å². The van der Waals surface area contributed by atoms with Gasteiger partial charge in [0.05, 0.1) is 21.8 Å². The molecule has 1 amide bonds. The van der Waals surface area contributed by atoms with E-state index >= 15 is 0 Å². The van der Waals surface area contributed by atoms with Gasteiger partial charge in [-0.05, 0) is 31.2 Å². The minimum Gasteiger partial charge on any atom is -0.332 e. The minimum absolute atomic E-state index is 0.0814. The van der Waals surface area contributed by atoms with Crippen LogP contribution < -0.4 is 0 Å². The molecule has 0 aliphatic carbocycles. The van der Waals surface area contributed by atoms with Crippen molar-refractivity contribution in [2.75, 3.05) is 7.05 Å². The summed E-state index contributed by atoms with van der Waals surface area (Å²) in [7, 11) is 1.67. The van der Waals surface area contributed by atoms with Crippen molar-refractivity contribution < 1.29 is 9.18 Å². The molecule has 3 nitrogen and oxygen atoms in total. The van der Waals surface area contributed by atoms with Crippen LogP contribution in [0.1, 0.15) is 28.3 Å². The summed E-state index contributed by atoms with van der Waals surface area (Å²) in [4.78, 5) is 18.5. The van der Waals surface area contributed by atoms with E-state index in [9.17, 15) is 9.18 Å². The Hall–Kier alpha value is -2.27. The van der Waals surface area contributed by atoms with E-state index in [4.69, 9.17) is 0 Å². The van der Waals surface area contributed by atoms with Crippen LogP contribution in [-0.2, 0) is 0 Å². The average Bonchev–Trinajstić information content (AvgIpc) is 2.97.